The smallest absolute Gasteiger partial charge is 0.0481 e. The topological polar surface area (TPSA) is 47.3 Å². The van der Waals surface area contributed by atoms with Crippen LogP contribution in [0.15, 0.2) is 16.8 Å². The Morgan fingerprint density at radius 2 is 2.40 bits per heavy atom. The van der Waals surface area contributed by atoms with Gasteiger partial charge in [0, 0.05) is 19.3 Å². The van der Waals surface area contributed by atoms with Crippen LogP contribution in [-0.2, 0) is 11.2 Å². The van der Waals surface area contributed by atoms with Crippen molar-refractivity contribution >= 4 is 11.3 Å². The zero-order chi connectivity index (χ0) is 10.9. The summed E-state index contributed by atoms with van der Waals surface area (Å²) in [5.41, 5.74) is 4.25. The number of aryl methyl sites for hydroxylation is 1. The standard InChI is InChI=1S/C11H20N2OS/c1-2-14-7-5-11(13-12)4-3-10-6-8-15-9-10/h6,8-9,11,13H,2-5,7,12H2,1H3. The summed E-state index contributed by atoms with van der Waals surface area (Å²) >= 11 is 1.74. The summed E-state index contributed by atoms with van der Waals surface area (Å²) in [6.45, 7) is 3.58. The predicted octanol–water partition coefficient (Wildman–Crippen LogP) is 1.94. The van der Waals surface area contributed by atoms with Crippen LogP contribution in [0.3, 0.4) is 0 Å². The van der Waals surface area contributed by atoms with Crippen LogP contribution in [0.25, 0.3) is 0 Å². The Labute approximate surface area is 95.6 Å². The molecule has 15 heavy (non-hydrogen) atoms. The van der Waals surface area contributed by atoms with Crippen molar-refractivity contribution in [3.63, 3.8) is 0 Å². The number of hydrogen-bond acceptors (Lipinski definition) is 4. The van der Waals surface area contributed by atoms with E-state index in [4.69, 9.17) is 10.6 Å². The number of nitrogens with two attached hydrogens (primary N) is 1. The quantitative estimate of drug-likeness (QED) is 0.406. The number of hydrogen-bond donors (Lipinski definition) is 2. The van der Waals surface area contributed by atoms with Gasteiger partial charge in [-0.3, -0.25) is 11.3 Å². The summed E-state index contributed by atoms with van der Waals surface area (Å²) in [6, 6.07) is 2.53. The van der Waals surface area contributed by atoms with Crippen molar-refractivity contribution in [2.45, 2.75) is 32.2 Å². The monoisotopic (exact) mass is 228 g/mol. The molecule has 0 aliphatic carbocycles. The summed E-state index contributed by atoms with van der Waals surface area (Å²) < 4.78 is 5.31. The van der Waals surface area contributed by atoms with Gasteiger partial charge in [-0.1, -0.05) is 0 Å². The minimum atomic E-state index is 0.358. The van der Waals surface area contributed by atoms with E-state index in [0.29, 0.717) is 6.04 Å². The van der Waals surface area contributed by atoms with E-state index in [1.807, 2.05) is 6.92 Å². The average molecular weight is 228 g/mol. The van der Waals surface area contributed by atoms with Crippen LogP contribution < -0.4 is 11.3 Å². The van der Waals surface area contributed by atoms with Crippen molar-refractivity contribution < 1.29 is 4.74 Å². The molecule has 0 aliphatic heterocycles. The van der Waals surface area contributed by atoms with Crippen molar-refractivity contribution in [3.8, 4) is 0 Å². The number of nitrogens with one attached hydrogen (secondary N) is 1. The first kappa shape index (κ1) is 12.6. The zero-order valence-corrected chi connectivity index (χ0v) is 10.1. The molecule has 1 aromatic rings. The third-order valence-corrected chi connectivity index (χ3v) is 3.14. The highest BCUT2D eigenvalue weighted by Gasteiger charge is 2.06. The predicted molar refractivity (Wildman–Crippen MR) is 64.9 cm³/mol. The SMILES string of the molecule is CCOCCC(CCc1ccsc1)NN. The molecule has 4 heteroatoms. The Kier molecular flexibility index (Phi) is 6.59. The normalized spacial score (nSPS) is 12.9. The zero-order valence-electron chi connectivity index (χ0n) is 9.24. The van der Waals surface area contributed by atoms with Crippen molar-refractivity contribution in [1.29, 1.82) is 0 Å². The molecule has 0 bridgehead atoms. The van der Waals surface area contributed by atoms with Gasteiger partial charge in [0.05, 0.1) is 0 Å². The fraction of sp³-hybridized carbons (Fsp3) is 0.636. The fourth-order valence-electron chi connectivity index (χ4n) is 1.46. The molecule has 1 unspecified atom stereocenters. The Balaban J connectivity index is 2.16. The summed E-state index contributed by atoms with van der Waals surface area (Å²) in [6.07, 6.45) is 3.14. The van der Waals surface area contributed by atoms with Crippen LogP contribution in [-0.4, -0.2) is 19.3 Å². The first-order chi connectivity index (χ1) is 7.36. The molecule has 1 heterocycles. The van der Waals surface area contributed by atoms with Crippen LogP contribution in [0.1, 0.15) is 25.3 Å². The van der Waals surface area contributed by atoms with Crippen molar-refractivity contribution in [2.75, 3.05) is 13.2 Å². The second kappa shape index (κ2) is 7.82. The number of thiophene rings is 1. The molecule has 1 aromatic heterocycles. The van der Waals surface area contributed by atoms with Gasteiger partial charge < -0.3 is 4.74 Å². The highest BCUT2D eigenvalue weighted by molar-refractivity contribution is 7.07. The summed E-state index contributed by atoms with van der Waals surface area (Å²) in [5.74, 6) is 5.49. The lowest BCUT2D eigenvalue weighted by atomic mass is 10.1. The lowest BCUT2D eigenvalue weighted by molar-refractivity contribution is 0.135. The van der Waals surface area contributed by atoms with Crippen LogP contribution in [0.2, 0.25) is 0 Å². The maximum atomic E-state index is 5.49. The molecule has 3 N–H and O–H groups in total. The minimum absolute atomic E-state index is 0.358. The number of hydrazine groups is 1. The average Bonchev–Trinajstić information content (AvgIpc) is 2.76. The molecule has 0 fully saturated rings. The second-order valence-corrected chi connectivity index (χ2v) is 4.30. The van der Waals surface area contributed by atoms with Gasteiger partial charge in [0.1, 0.15) is 0 Å². The maximum absolute atomic E-state index is 5.49. The molecule has 0 aliphatic rings. The molecule has 0 radical (unpaired) electrons. The molecule has 0 saturated carbocycles. The Bertz CT molecular complexity index is 239. The van der Waals surface area contributed by atoms with Gasteiger partial charge in [-0.15, -0.1) is 0 Å². The van der Waals surface area contributed by atoms with Crippen LogP contribution >= 0.6 is 11.3 Å². The second-order valence-electron chi connectivity index (χ2n) is 3.52. The van der Waals surface area contributed by atoms with Crippen molar-refractivity contribution in [1.82, 2.24) is 5.43 Å². The highest BCUT2D eigenvalue weighted by atomic mass is 32.1. The first-order valence-corrected chi connectivity index (χ1v) is 6.36. The molecular weight excluding hydrogens is 208 g/mol. The highest BCUT2D eigenvalue weighted by Crippen LogP contribution is 2.10. The summed E-state index contributed by atoms with van der Waals surface area (Å²) in [4.78, 5) is 0. The van der Waals surface area contributed by atoms with E-state index in [1.165, 1.54) is 5.56 Å². The van der Waals surface area contributed by atoms with E-state index >= 15 is 0 Å². The molecule has 1 atom stereocenters. The first-order valence-electron chi connectivity index (χ1n) is 5.41. The van der Waals surface area contributed by atoms with Gasteiger partial charge in [0.15, 0.2) is 0 Å². The fourth-order valence-corrected chi connectivity index (χ4v) is 2.16. The van der Waals surface area contributed by atoms with Gasteiger partial charge in [0.25, 0.3) is 0 Å². The largest absolute Gasteiger partial charge is 0.382 e. The third-order valence-electron chi connectivity index (χ3n) is 2.41. The molecule has 3 nitrogen and oxygen atoms in total. The van der Waals surface area contributed by atoms with Gasteiger partial charge in [-0.25, -0.2) is 0 Å². The Hall–Kier alpha value is -0.420. The summed E-state index contributed by atoms with van der Waals surface area (Å²) in [7, 11) is 0. The number of rotatable bonds is 8. The van der Waals surface area contributed by atoms with Gasteiger partial charge in [-0.05, 0) is 48.6 Å². The Morgan fingerprint density at radius 1 is 1.53 bits per heavy atom. The van der Waals surface area contributed by atoms with Crippen LogP contribution in [0, 0.1) is 0 Å². The van der Waals surface area contributed by atoms with Crippen molar-refractivity contribution in [2.24, 2.45) is 5.84 Å². The molecule has 0 amide bonds. The molecule has 86 valence electrons. The van der Waals surface area contributed by atoms with E-state index in [-0.39, 0.29) is 0 Å². The third kappa shape index (κ3) is 5.28. The lowest BCUT2D eigenvalue weighted by Crippen LogP contribution is -2.36. The minimum Gasteiger partial charge on any atom is -0.382 e. The van der Waals surface area contributed by atoms with E-state index in [2.05, 4.69) is 22.3 Å². The van der Waals surface area contributed by atoms with E-state index in [0.717, 1.165) is 32.5 Å². The van der Waals surface area contributed by atoms with Gasteiger partial charge >= 0.3 is 0 Å². The van der Waals surface area contributed by atoms with Crippen LogP contribution in [0.4, 0.5) is 0 Å². The molecule has 1 rings (SSSR count). The van der Waals surface area contributed by atoms with Gasteiger partial charge in [-0.2, -0.15) is 11.3 Å². The Morgan fingerprint density at radius 3 is 3.00 bits per heavy atom. The molecule has 0 saturated heterocycles. The number of ether oxygens (including phenoxy) is 1. The van der Waals surface area contributed by atoms with E-state index in [1.54, 1.807) is 11.3 Å². The maximum Gasteiger partial charge on any atom is 0.0481 e. The summed E-state index contributed by atoms with van der Waals surface area (Å²) in [5, 5.41) is 4.30. The van der Waals surface area contributed by atoms with E-state index < -0.39 is 0 Å². The van der Waals surface area contributed by atoms with Crippen molar-refractivity contribution in [3.05, 3.63) is 22.4 Å². The molecular formula is C11H20N2OS. The van der Waals surface area contributed by atoms with E-state index in [9.17, 15) is 0 Å². The van der Waals surface area contributed by atoms with Gasteiger partial charge in [0.2, 0.25) is 0 Å². The lowest BCUT2D eigenvalue weighted by Gasteiger charge is -2.14. The molecule has 0 aromatic carbocycles. The van der Waals surface area contributed by atoms with Crippen LogP contribution in [0.5, 0.6) is 0 Å². The molecule has 0 spiro atoms.